The smallest absolute Gasteiger partial charge is 0.259 e. The Morgan fingerprint density at radius 1 is 1.32 bits per heavy atom. The van der Waals surface area contributed by atoms with E-state index in [4.69, 9.17) is 4.74 Å². The van der Waals surface area contributed by atoms with Gasteiger partial charge in [0.25, 0.3) is 5.91 Å². The van der Waals surface area contributed by atoms with E-state index in [1.54, 1.807) is 18.0 Å². The Morgan fingerprint density at radius 2 is 2.00 bits per heavy atom. The molecular formula is C17H23N3O2. The fourth-order valence-electron chi connectivity index (χ4n) is 2.18. The molecule has 0 atom stereocenters. The summed E-state index contributed by atoms with van der Waals surface area (Å²) in [6.45, 7) is 8.26. The van der Waals surface area contributed by atoms with Crippen LogP contribution in [0.15, 0.2) is 24.4 Å². The Morgan fingerprint density at radius 3 is 2.50 bits per heavy atom. The van der Waals surface area contributed by atoms with Crippen LogP contribution in [0.4, 0.5) is 5.69 Å². The maximum absolute atomic E-state index is 12.5. The Balaban J connectivity index is 2.35. The first kappa shape index (κ1) is 16.1. The van der Waals surface area contributed by atoms with Gasteiger partial charge in [0.1, 0.15) is 5.75 Å². The van der Waals surface area contributed by atoms with Crippen LogP contribution in [-0.4, -0.2) is 22.8 Å². The molecule has 0 aliphatic carbocycles. The zero-order valence-corrected chi connectivity index (χ0v) is 14.0. The lowest BCUT2D eigenvalue weighted by molar-refractivity contribution is 0.102. The number of rotatable bonds is 3. The molecule has 0 radical (unpaired) electrons. The number of methoxy groups -OCH3 is 1. The summed E-state index contributed by atoms with van der Waals surface area (Å²) in [5, 5.41) is 7.03. The van der Waals surface area contributed by atoms with Crippen molar-refractivity contribution >= 4 is 11.6 Å². The summed E-state index contributed by atoms with van der Waals surface area (Å²) in [4.78, 5) is 12.5. The molecule has 5 nitrogen and oxygen atoms in total. The second kappa shape index (κ2) is 5.83. The van der Waals surface area contributed by atoms with Crippen LogP contribution in [0, 0.1) is 6.92 Å². The highest BCUT2D eigenvalue weighted by Crippen LogP contribution is 2.31. The van der Waals surface area contributed by atoms with Crippen molar-refractivity contribution in [2.24, 2.45) is 7.05 Å². The molecule has 118 valence electrons. The van der Waals surface area contributed by atoms with Crippen LogP contribution >= 0.6 is 0 Å². The summed E-state index contributed by atoms with van der Waals surface area (Å²) < 4.78 is 7.03. The van der Waals surface area contributed by atoms with Gasteiger partial charge in [0.15, 0.2) is 0 Å². The van der Waals surface area contributed by atoms with Crippen molar-refractivity contribution in [1.29, 1.82) is 0 Å². The van der Waals surface area contributed by atoms with Crippen molar-refractivity contribution in [2.45, 2.75) is 33.1 Å². The lowest BCUT2D eigenvalue weighted by atomic mass is 9.87. The first-order chi connectivity index (χ1) is 10.2. The molecule has 0 aliphatic heterocycles. The molecule has 1 N–H and O–H groups in total. The van der Waals surface area contributed by atoms with E-state index in [0.717, 1.165) is 11.3 Å². The maximum atomic E-state index is 12.5. The largest absolute Gasteiger partial charge is 0.495 e. The van der Waals surface area contributed by atoms with Crippen LogP contribution in [-0.2, 0) is 12.5 Å². The van der Waals surface area contributed by atoms with Crippen molar-refractivity contribution in [3.63, 3.8) is 0 Å². The van der Waals surface area contributed by atoms with E-state index in [0.29, 0.717) is 17.0 Å². The van der Waals surface area contributed by atoms with Gasteiger partial charge in [0, 0.05) is 12.7 Å². The van der Waals surface area contributed by atoms with Gasteiger partial charge in [-0.15, -0.1) is 0 Å². The van der Waals surface area contributed by atoms with Gasteiger partial charge in [0.05, 0.1) is 24.6 Å². The average molecular weight is 301 g/mol. The molecule has 0 saturated carbocycles. The number of anilines is 1. The highest BCUT2D eigenvalue weighted by atomic mass is 16.5. The number of carbonyl (C=O) groups is 1. The minimum absolute atomic E-state index is 0.00400. The maximum Gasteiger partial charge on any atom is 0.259 e. The Kier molecular flexibility index (Phi) is 4.26. The summed E-state index contributed by atoms with van der Waals surface area (Å²) in [6.07, 6.45) is 1.57. The van der Waals surface area contributed by atoms with Crippen molar-refractivity contribution in [1.82, 2.24) is 9.78 Å². The standard InChI is InChI=1S/C17H23N3O2/c1-11-13(10-18-20(11)5)16(21)19-14-9-12(17(2,3)4)7-8-15(14)22-6/h7-10H,1-6H3,(H,19,21). The first-order valence-electron chi connectivity index (χ1n) is 7.22. The molecule has 0 fully saturated rings. The third-order valence-electron chi connectivity index (χ3n) is 3.79. The predicted octanol–water partition coefficient (Wildman–Crippen LogP) is 3.29. The molecule has 0 aliphatic rings. The summed E-state index contributed by atoms with van der Waals surface area (Å²) in [6, 6.07) is 5.86. The third-order valence-corrected chi connectivity index (χ3v) is 3.79. The summed E-state index contributed by atoms with van der Waals surface area (Å²) in [5.41, 5.74) is 3.18. The molecule has 1 heterocycles. The Labute approximate surface area is 131 Å². The molecule has 0 saturated heterocycles. The van der Waals surface area contributed by atoms with Gasteiger partial charge >= 0.3 is 0 Å². The highest BCUT2D eigenvalue weighted by molar-refractivity contribution is 6.05. The van der Waals surface area contributed by atoms with Gasteiger partial charge in [-0.3, -0.25) is 9.48 Å². The molecule has 2 rings (SSSR count). The molecule has 0 bridgehead atoms. The molecule has 1 aromatic carbocycles. The normalized spacial score (nSPS) is 11.4. The van der Waals surface area contributed by atoms with Crippen molar-refractivity contribution in [3.05, 3.63) is 41.2 Å². The molecule has 0 unspecified atom stereocenters. The molecule has 1 aromatic heterocycles. The van der Waals surface area contributed by atoms with E-state index in [9.17, 15) is 4.79 Å². The number of amides is 1. The fraction of sp³-hybridized carbons (Fsp3) is 0.412. The second-order valence-electron chi connectivity index (χ2n) is 6.39. The van der Waals surface area contributed by atoms with Crippen LogP contribution in [0.1, 0.15) is 42.4 Å². The zero-order valence-electron chi connectivity index (χ0n) is 14.0. The van der Waals surface area contributed by atoms with Crippen LogP contribution in [0.5, 0.6) is 5.75 Å². The SMILES string of the molecule is COc1ccc(C(C)(C)C)cc1NC(=O)c1cnn(C)c1C. The third kappa shape index (κ3) is 3.13. The monoisotopic (exact) mass is 301 g/mol. The number of carbonyl (C=O) groups excluding carboxylic acids is 1. The van der Waals surface area contributed by atoms with Crippen molar-refractivity contribution in [2.75, 3.05) is 12.4 Å². The number of benzene rings is 1. The van der Waals surface area contributed by atoms with E-state index in [1.807, 2.05) is 32.2 Å². The van der Waals surface area contributed by atoms with Crippen LogP contribution in [0.3, 0.4) is 0 Å². The van der Waals surface area contributed by atoms with Gasteiger partial charge in [0.2, 0.25) is 0 Å². The van der Waals surface area contributed by atoms with Gasteiger partial charge in [-0.1, -0.05) is 26.8 Å². The summed E-state index contributed by atoms with van der Waals surface area (Å²) >= 11 is 0. The Bertz CT molecular complexity index is 696. The topological polar surface area (TPSA) is 56.1 Å². The number of nitrogens with one attached hydrogen (secondary N) is 1. The van der Waals surface area contributed by atoms with Crippen LogP contribution in [0.2, 0.25) is 0 Å². The van der Waals surface area contributed by atoms with E-state index in [1.165, 1.54) is 0 Å². The van der Waals surface area contributed by atoms with Crippen molar-refractivity contribution < 1.29 is 9.53 Å². The van der Waals surface area contributed by atoms with E-state index < -0.39 is 0 Å². The molecule has 22 heavy (non-hydrogen) atoms. The first-order valence-corrected chi connectivity index (χ1v) is 7.22. The quantitative estimate of drug-likeness (QED) is 0.946. The number of nitrogens with zero attached hydrogens (tertiary/aromatic N) is 2. The minimum atomic E-state index is -0.185. The lowest BCUT2D eigenvalue weighted by Gasteiger charge is -2.21. The molecule has 2 aromatic rings. The molecule has 1 amide bonds. The second-order valence-corrected chi connectivity index (χ2v) is 6.39. The number of aryl methyl sites for hydroxylation is 1. The van der Waals surface area contributed by atoms with E-state index >= 15 is 0 Å². The molecular weight excluding hydrogens is 278 g/mol. The highest BCUT2D eigenvalue weighted by Gasteiger charge is 2.19. The predicted molar refractivity (Wildman–Crippen MR) is 87.6 cm³/mol. The lowest BCUT2D eigenvalue weighted by Crippen LogP contribution is -2.16. The minimum Gasteiger partial charge on any atom is -0.495 e. The van der Waals surface area contributed by atoms with Gasteiger partial charge < -0.3 is 10.1 Å². The van der Waals surface area contributed by atoms with Crippen molar-refractivity contribution in [3.8, 4) is 5.75 Å². The summed E-state index contributed by atoms with van der Waals surface area (Å²) in [5.74, 6) is 0.456. The molecule has 0 spiro atoms. The van der Waals surface area contributed by atoms with E-state index in [-0.39, 0.29) is 11.3 Å². The number of aromatic nitrogens is 2. The fourth-order valence-corrected chi connectivity index (χ4v) is 2.18. The number of ether oxygens (including phenoxy) is 1. The number of hydrogen-bond acceptors (Lipinski definition) is 3. The zero-order chi connectivity index (χ0) is 16.5. The summed E-state index contributed by atoms with van der Waals surface area (Å²) in [7, 11) is 3.41. The Hall–Kier alpha value is -2.30. The van der Waals surface area contributed by atoms with Gasteiger partial charge in [-0.25, -0.2) is 0 Å². The van der Waals surface area contributed by atoms with Gasteiger partial charge in [-0.2, -0.15) is 5.10 Å². The van der Waals surface area contributed by atoms with Crippen LogP contribution in [0.25, 0.3) is 0 Å². The number of hydrogen-bond donors (Lipinski definition) is 1. The van der Waals surface area contributed by atoms with E-state index in [2.05, 4.69) is 31.2 Å². The average Bonchev–Trinajstić information content (AvgIpc) is 2.78. The van der Waals surface area contributed by atoms with Crippen LogP contribution < -0.4 is 10.1 Å². The van der Waals surface area contributed by atoms with Gasteiger partial charge in [-0.05, 0) is 30.0 Å². The molecule has 5 heteroatoms.